The van der Waals surface area contributed by atoms with Gasteiger partial charge in [0.25, 0.3) is 11.5 Å². The Bertz CT molecular complexity index is 1470. The van der Waals surface area contributed by atoms with Gasteiger partial charge in [-0.1, -0.05) is 30.3 Å². The Labute approximate surface area is 202 Å². The molecule has 0 radical (unpaired) electrons. The highest BCUT2D eigenvalue weighted by Gasteiger charge is 2.11. The number of carbonyl (C=O) groups excluding carboxylic acids is 1. The number of pyridine rings is 3. The summed E-state index contributed by atoms with van der Waals surface area (Å²) in [4.78, 5) is 33.2. The van der Waals surface area contributed by atoms with Crippen LogP contribution in [0.3, 0.4) is 0 Å². The van der Waals surface area contributed by atoms with Crippen LogP contribution in [-0.2, 0) is 19.5 Å². The summed E-state index contributed by atoms with van der Waals surface area (Å²) in [6.07, 6.45) is 3.95. The summed E-state index contributed by atoms with van der Waals surface area (Å²) in [5.74, 6) is -0.0621. The van der Waals surface area contributed by atoms with Crippen LogP contribution in [-0.4, -0.2) is 20.4 Å². The van der Waals surface area contributed by atoms with E-state index in [0.29, 0.717) is 24.2 Å². The second-order valence-electron chi connectivity index (χ2n) is 8.16. The minimum Gasteiger partial charge on any atom is -0.383 e. The van der Waals surface area contributed by atoms with Crippen LogP contribution >= 0.6 is 0 Å². The fourth-order valence-electron chi connectivity index (χ4n) is 3.69. The van der Waals surface area contributed by atoms with E-state index in [9.17, 15) is 9.59 Å². The van der Waals surface area contributed by atoms with E-state index in [1.165, 1.54) is 0 Å². The quantitative estimate of drug-likeness (QED) is 0.433. The molecule has 1 amide bonds. The number of rotatable bonds is 7. The third-order valence-electron chi connectivity index (χ3n) is 5.65. The number of nitriles is 1. The average Bonchev–Trinajstić information content (AvgIpc) is 2.86. The van der Waals surface area contributed by atoms with E-state index >= 15 is 0 Å². The molecule has 0 bridgehead atoms. The number of aryl methyl sites for hydroxylation is 1. The molecule has 0 aliphatic rings. The highest BCUT2D eigenvalue weighted by Crippen LogP contribution is 2.15. The number of carbonyl (C=O) groups is 1. The first-order chi connectivity index (χ1) is 16.9. The molecule has 0 fully saturated rings. The van der Waals surface area contributed by atoms with Gasteiger partial charge in [0.05, 0.1) is 12.1 Å². The number of amides is 1. The van der Waals surface area contributed by atoms with Gasteiger partial charge < -0.3 is 15.6 Å². The first kappa shape index (κ1) is 23.4. The van der Waals surface area contributed by atoms with Crippen LogP contribution < -0.4 is 16.6 Å². The second-order valence-corrected chi connectivity index (χ2v) is 8.16. The lowest BCUT2D eigenvalue weighted by Crippen LogP contribution is -2.24. The molecule has 0 aliphatic heterocycles. The van der Waals surface area contributed by atoms with Crippen LogP contribution in [0.2, 0.25) is 0 Å². The van der Waals surface area contributed by atoms with Crippen molar-refractivity contribution in [1.29, 1.82) is 5.26 Å². The molecule has 0 aliphatic carbocycles. The number of hydrogen-bond acceptors (Lipinski definition) is 6. The van der Waals surface area contributed by atoms with Gasteiger partial charge in [0.1, 0.15) is 11.9 Å². The van der Waals surface area contributed by atoms with Crippen molar-refractivity contribution in [3.63, 3.8) is 0 Å². The van der Waals surface area contributed by atoms with Gasteiger partial charge in [-0.15, -0.1) is 0 Å². The standard InChI is InChI=1S/C27H24N6O2/c1-18-23(13-22(15-28)26(29)32-18)16-31-27(35)21-9-10-30-24(14-21)12-19-5-7-20(8-6-19)17-33-11-3-2-4-25(33)34/h2-11,13-14H,12,16-17H2,1H3,(H2,29,32)(H,31,35). The summed E-state index contributed by atoms with van der Waals surface area (Å²) >= 11 is 0. The molecule has 0 unspecified atom stereocenters. The van der Waals surface area contributed by atoms with Crippen molar-refractivity contribution in [2.75, 3.05) is 5.73 Å². The number of benzene rings is 1. The molecule has 3 N–H and O–H groups in total. The number of nitrogens with one attached hydrogen (secondary N) is 1. The molecule has 4 aromatic rings. The molecule has 0 saturated heterocycles. The lowest BCUT2D eigenvalue weighted by molar-refractivity contribution is 0.0950. The molecule has 0 saturated carbocycles. The molecular formula is C27H24N6O2. The smallest absolute Gasteiger partial charge is 0.251 e. The molecule has 3 aromatic heterocycles. The van der Waals surface area contributed by atoms with Crippen molar-refractivity contribution >= 4 is 11.7 Å². The molecule has 35 heavy (non-hydrogen) atoms. The molecule has 174 valence electrons. The van der Waals surface area contributed by atoms with E-state index < -0.39 is 0 Å². The Kier molecular flexibility index (Phi) is 6.98. The first-order valence-corrected chi connectivity index (χ1v) is 11.1. The first-order valence-electron chi connectivity index (χ1n) is 11.1. The van der Waals surface area contributed by atoms with Crippen molar-refractivity contribution in [1.82, 2.24) is 19.9 Å². The lowest BCUT2D eigenvalue weighted by atomic mass is 10.1. The molecule has 3 heterocycles. The predicted molar refractivity (Wildman–Crippen MR) is 133 cm³/mol. The van der Waals surface area contributed by atoms with Crippen molar-refractivity contribution < 1.29 is 4.79 Å². The largest absolute Gasteiger partial charge is 0.383 e. The van der Waals surface area contributed by atoms with Crippen LogP contribution in [0.1, 0.15) is 44.0 Å². The zero-order valence-corrected chi connectivity index (χ0v) is 19.2. The van der Waals surface area contributed by atoms with Crippen molar-refractivity contribution in [3.8, 4) is 6.07 Å². The summed E-state index contributed by atoms with van der Waals surface area (Å²) in [5.41, 5.74) is 10.7. The van der Waals surface area contributed by atoms with E-state index in [4.69, 9.17) is 11.0 Å². The lowest BCUT2D eigenvalue weighted by Gasteiger charge is -2.10. The Morgan fingerprint density at radius 3 is 2.63 bits per heavy atom. The number of aromatic nitrogens is 3. The normalized spacial score (nSPS) is 10.5. The van der Waals surface area contributed by atoms with Crippen LogP contribution in [0, 0.1) is 18.3 Å². The molecule has 0 atom stereocenters. The maximum absolute atomic E-state index is 12.7. The highest BCUT2D eigenvalue weighted by molar-refractivity contribution is 5.94. The Morgan fingerprint density at radius 1 is 1.11 bits per heavy atom. The molecular weight excluding hydrogens is 440 g/mol. The molecule has 8 heteroatoms. The van der Waals surface area contributed by atoms with Crippen LogP contribution in [0.4, 0.5) is 5.82 Å². The summed E-state index contributed by atoms with van der Waals surface area (Å²) in [6, 6.07) is 20.2. The van der Waals surface area contributed by atoms with Crippen molar-refractivity contribution in [2.24, 2.45) is 0 Å². The minimum atomic E-state index is -0.243. The monoisotopic (exact) mass is 464 g/mol. The molecule has 8 nitrogen and oxygen atoms in total. The topological polar surface area (TPSA) is 127 Å². The summed E-state index contributed by atoms with van der Waals surface area (Å²) < 4.78 is 1.65. The summed E-state index contributed by atoms with van der Waals surface area (Å²) in [6.45, 7) is 2.52. The van der Waals surface area contributed by atoms with Crippen LogP contribution in [0.5, 0.6) is 0 Å². The Hall–Kier alpha value is -4.77. The zero-order chi connectivity index (χ0) is 24.8. The second kappa shape index (κ2) is 10.4. The number of anilines is 1. The fraction of sp³-hybridized carbons (Fsp3) is 0.148. The van der Waals surface area contributed by atoms with E-state index in [-0.39, 0.29) is 29.4 Å². The van der Waals surface area contributed by atoms with E-state index in [1.807, 2.05) is 36.4 Å². The third-order valence-corrected chi connectivity index (χ3v) is 5.65. The van der Waals surface area contributed by atoms with Gasteiger partial charge in [-0.25, -0.2) is 4.98 Å². The predicted octanol–water partition coefficient (Wildman–Crippen LogP) is 2.97. The SMILES string of the molecule is Cc1nc(N)c(C#N)cc1CNC(=O)c1ccnc(Cc2ccc(Cn3ccccc3=O)cc2)c1. The molecule has 0 spiro atoms. The summed E-state index contributed by atoms with van der Waals surface area (Å²) in [7, 11) is 0. The van der Waals surface area contributed by atoms with Gasteiger partial charge in [0, 0.05) is 48.4 Å². The maximum Gasteiger partial charge on any atom is 0.251 e. The van der Waals surface area contributed by atoms with Gasteiger partial charge in [-0.3, -0.25) is 14.6 Å². The highest BCUT2D eigenvalue weighted by atomic mass is 16.1. The van der Waals surface area contributed by atoms with E-state index in [0.717, 1.165) is 22.4 Å². The Balaban J connectivity index is 1.40. The minimum absolute atomic E-state index is 0.0378. The molecule has 1 aromatic carbocycles. The van der Waals surface area contributed by atoms with Gasteiger partial charge in [-0.05, 0) is 47.9 Å². The Morgan fingerprint density at radius 2 is 1.89 bits per heavy atom. The number of nitrogens with zero attached hydrogens (tertiary/aromatic N) is 4. The van der Waals surface area contributed by atoms with Crippen LogP contribution in [0.25, 0.3) is 0 Å². The maximum atomic E-state index is 12.7. The van der Waals surface area contributed by atoms with E-state index in [2.05, 4.69) is 15.3 Å². The van der Waals surface area contributed by atoms with Gasteiger partial charge in [0.15, 0.2) is 0 Å². The van der Waals surface area contributed by atoms with Gasteiger partial charge >= 0.3 is 0 Å². The number of hydrogen-bond donors (Lipinski definition) is 2. The average molecular weight is 465 g/mol. The van der Waals surface area contributed by atoms with Gasteiger partial charge in [0.2, 0.25) is 0 Å². The number of nitrogen functional groups attached to an aromatic ring is 1. The molecule has 4 rings (SSSR count). The zero-order valence-electron chi connectivity index (χ0n) is 19.2. The summed E-state index contributed by atoms with van der Waals surface area (Å²) in [5, 5.41) is 12.0. The van der Waals surface area contributed by atoms with Gasteiger partial charge in [-0.2, -0.15) is 5.26 Å². The third kappa shape index (κ3) is 5.78. The number of nitrogens with two attached hydrogens (primary N) is 1. The van der Waals surface area contributed by atoms with Crippen molar-refractivity contribution in [3.05, 3.63) is 123 Å². The van der Waals surface area contributed by atoms with Crippen molar-refractivity contribution in [2.45, 2.75) is 26.4 Å². The van der Waals surface area contributed by atoms with Crippen LogP contribution in [0.15, 0.2) is 77.9 Å². The fourth-order valence-corrected chi connectivity index (χ4v) is 3.69. The van der Waals surface area contributed by atoms with E-state index in [1.54, 1.807) is 54.2 Å².